The molecular weight excluding hydrogens is 406 g/mol. The zero-order chi connectivity index (χ0) is 22.5. The van der Waals surface area contributed by atoms with E-state index in [-0.39, 0.29) is 18.2 Å². The number of β-lactam (4-membered cyclic amide) rings is 1. The molecule has 1 amide bonds. The van der Waals surface area contributed by atoms with Crippen molar-refractivity contribution in [3.05, 3.63) is 53.0 Å². The van der Waals surface area contributed by atoms with Crippen LogP contribution in [0.3, 0.4) is 0 Å². The first kappa shape index (κ1) is 22.2. The van der Waals surface area contributed by atoms with Gasteiger partial charge >= 0.3 is 5.97 Å². The number of hydrogen-bond acceptors (Lipinski definition) is 5. The number of aromatic nitrogens is 2. The zero-order valence-corrected chi connectivity index (χ0v) is 18.6. The highest BCUT2D eigenvalue weighted by Crippen LogP contribution is 2.35. The average Bonchev–Trinajstić information content (AvgIpc) is 2.81. The Bertz CT molecular complexity index is 960. The Hall–Kier alpha value is -2.96. The quantitative estimate of drug-likeness (QED) is 0.450. The maximum Gasteiger partial charge on any atom is 0.305 e. The van der Waals surface area contributed by atoms with Crippen LogP contribution in [-0.2, 0) is 28.9 Å². The fraction of sp³-hybridized carbons (Fsp3) is 0.520. The van der Waals surface area contributed by atoms with Gasteiger partial charge in [0.2, 0.25) is 11.8 Å². The Balaban J connectivity index is 1.26. The molecule has 0 aromatic carbocycles. The minimum Gasteiger partial charge on any atom is -0.481 e. The summed E-state index contributed by atoms with van der Waals surface area (Å²) in [5.74, 6) is -0.448. The summed E-state index contributed by atoms with van der Waals surface area (Å²) in [5, 5.41) is 9.33. The van der Waals surface area contributed by atoms with Crippen LogP contribution in [0.15, 0.2) is 30.5 Å². The van der Waals surface area contributed by atoms with E-state index < -0.39 is 12.0 Å². The molecule has 1 aliphatic carbocycles. The standard InChI is InChI=1S/C25H31N3O4/c1-32-23-13-11-18(15-26-23)22(14-24(29)30)28-16-19(25(28)31)7-2-4-8-20-12-10-17-6-3-5-9-21(17)27-20/h10-13,15,19,22H,2-9,14,16H2,1H3,(H,29,30)/t19?,22-/m0/s1. The van der Waals surface area contributed by atoms with Crippen LogP contribution < -0.4 is 4.74 Å². The van der Waals surface area contributed by atoms with E-state index in [0.29, 0.717) is 12.4 Å². The van der Waals surface area contributed by atoms with Crippen molar-refractivity contribution in [3.8, 4) is 5.88 Å². The minimum atomic E-state index is -0.931. The number of carbonyl (C=O) groups is 2. The number of aliphatic carboxylic acids is 1. The molecule has 170 valence electrons. The fourth-order valence-electron chi connectivity index (χ4n) is 4.77. The van der Waals surface area contributed by atoms with E-state index in [2.05, 4.69) is 17.1 Å². The van der Waals surface area contributed by atoms with Gasteiger partial charge in [-0.2, -0.15) is 0 Å². The first-order valence-corrected chi connectivity index (χ1v) is 11.5. The molecule has 0 radical (unpaired) electrons. The van der Waals surface area contributed by atoms with Crippen LogP contribution in [0.4, 0.5) is 0 Å². The Morgan fingerprint density at radius 2 is 2.06 bits per heavy atom. The number of aryl methyl sites for hydroxylation is 3. The highest BCUT2D eigenvalue weighted by molar-refractivity contribution is 5.85. The Morgan fingerprint density at radius 3 is 2.78 bits per heavy atom. The molecule has 4 rings (SSSR count). The molecule has 0 bridgehead atoms. The molecule has 3 heterocycles. The van der Waals surface area contributed by atoms with Crippen LogP contribution in [0.25, 0.3) is 0 Å². The molecule has 7 heteroatoms. The smallest absolute Gasteiger partial charge is 0.305 e. The molecule has 2 aromatic rings. The molecule has 1 fully saturated rings. The van der Waals surface area contributed by atoms with Crippen LogP contribution in [0, 0.1) is 5.92 Å². The van der Waals surface area contributed by atoms with Crippen LogP contribution >= 0.6 is 0 Å². The van der Waals surface area contributed by atoms with Gasteiger partial charge in [0.05, 0.1) is 25.5 Å². The van der Waals surface area contributed by atoms with Crippen LogP contribution in [0.5, 0.6) is 5.88 Å². The van der Waals surface area contributed by atoms with Crippen molar-refractivity contribution < 1.29 is 19.4 Å². The van der Waals surface area contributed by atoms with Gasteiger partial charge in [-0.15, -0.1) is 0 Å². The number of ether oxygens (including phenoxy) is 1. The maximum absolute atomic E-state index is 12.8. The number of pyridine rings is 2. The van der Waals surface area contributed by atoms with Gasteiger partial charge < -0.3 is 14.7 Å². The molecule has 7 nitrogen and oxygen atoms in total. The van der Waals surface area contributed by atoms with E-state index in [9.17, 15) is 14.7 Å². The summed E-state index contributed by atoms with van der Waals surface area (Å²) in [6.07, 6.45) is 9.97. The number of nitrogens with zero attached hydrogens (tertiary/aromatic N) is 3. The summed E-state index contributed by atoms with van der Waals surface area (Å²) in [4.78, 5) is 34.8. The molecule has 1 N–H and O–H groups in total. The highest BCUT2D eigenvalue weighted by Gasteiger charge is 2.41. The number of rotatable bonds is 10. The van der Waals surface area contributed by atoms with Crippen molar-refractivity contribution in [1.29, 1.82) is 0 Å². The van der Waals surface area contributed by atoms with Crippen molar-refractivity contribution in [2.45, 2.75) is 63.8 Å². The highest BCUT2D eigenvalue weighted by atomic mass is 16.5. The van der Waals surface area contributed by atoms with E-state index >= 15 is 0 Å². The number of unbranched alkanes of at least 4 members (excludes halogenated alkanes) is 1. The second kappa shape index (κ2) is 10.1. The van der Waals surface area contributed by atoms with Gasteiger partial charge in [-0.05, 0) is 62.1 Å². The minimum absolute atomic E-state index is 0.0194. The van der Waals surface area contributed by atoms with Gasteiger partial charge in [-0.25, -0.2) is 4.98 Å². The molecule has 0 saturated carbocycles. The van der Waals surface area contributed by atoms with Crippen molar-refractivity contribution >= 4 is 11.9 Å². The fourth-order valence-corrected chi connectivity index (χ4v) is 4.77. The normalized spacial score (nSPS) is 18.6. The number of methoxy groups -OCH3 is 1. The number of carboxylic acid groups (broad SMARTS) is 1. The van der Waals surface area contributed by atoms with Crippen molar-refractivity contribution in [2.24, 2.45) is 5.92 Å². The summed E-state index contributed by atoms with van der Waals surface area (Å²) in [6.45, 7) is 0.597. The van der Waals surface area contributed by atoms with Gasteiger partial charge in [-0.3, -0.25) is 14.6 Å². The molecule has 1 saturated heterocycles. The summed E-state index contributed by atoms with van der Waals surface area (Å²) >= 11 is 0. The third-order valence-electron chi connectivity index (χ3n) is 6.62. The predicted molar refractivity (Wildman–Crippen MR) is 119 cm³/mol. The molecule has 2 aromatic heterocycles. The molecule has 2 aliphatic rings. The van der Waals surface area contributed by atoms with Gasteiger partial charge in [0.25, 0.3) is 0 Å². The molecule has 1 unspecified atom stereocenters. The van der Waals surface area contributed by atoms with Crippen LogP contribution in [0.1, 0.15) is 67.1 Å². The van der Waals surface area contributed by atoms with Gasteiger partial charge in [-0.1, -0.05) is 18.6 Å². The SMILES string of the molecule is COc1ccc([C@H](CC(=O)O)N2CC(CCCCc3ccc4c(n3)CCCC4)C2=O)cn1. The third-order valence-corrected chi connectivity index (χ3v) is 6.62. The largest absolute Gasteiger partial charge is 0.481 e. The molecule has 1 aliphatic heterocycles. The maximum atomic E-state index is 12.8. The van der Waals surface area contributed by atoms with E-state index in [1.165, 1.54) is 31.2 Å². The molecule has 0 spiro atoms. The van der Waals surface area contributed by atoms with Crippen molar-refractivity contribution in [1.82, 2.24) is 14.9 Å². The summed E-state index contributed by atoms with van der Waals surface area (Å²) < 4.78 is 5.07. The lowest BCUT2D eigenvalue weighted by atomic mass is 9.88. The lowest BCUT2D eigenvalue weighted by molar-refractivity contribution is -0.154. The number of amides is 1. The lowest BCUT2D eigenvalue weighted by Gasteiger charge is -2.43. The van der Waals surface area contributed by atoms with E-state index in [4.69, 9.17) is 9.72 Å². The van der Waals surface area contributed by atoms with Gasteiger partial charge in [0, 0.05) is 30.2 Å². The average molecular weight is 438 g/mol. The van der Waals surface area contributed by atoms with E-state index in [1.807, 2.05) is 0 Å². The number of carboxylic acids is 1. The summed E-state index contributed by atoms with van der Waals surface area (Å²) in [7, 11) is 1.53. The molecular formula is C25H31N3O4. The number of carbonyl (C=O) groups excluding carboxylic acids is 1. The zero-order valence-electron chi connectivity index (χ0n) is 18.6. The summed E-state index contributed by atoms with van der Waals surface area (Å²) in [5.41, 5.74) is 4.55. The topological polar surface area (TPSA) is 92.6 Å². The number of fused-ring (bicyclic) bond motifs is 1. The molecule has 2 atom stereocenters. The summed E-state index contributed by atoms with van der Waals surface area (Å²) in [6, 6.07) is 7.38. The lowest BCUT2D eigenvalue weighted by Crippen LogP contribution is -2.54. The predicted octanol–water partition coefficient (Wildman–Crippen LogP) is 3.75. The van der Waals surface area contributed by atoms with Gasteiger partial charge in [0.1, 0.15) is 0 Å². The second-order valence-electron chi connectivity index (χ2n) is 8.80. The third kappa shape index (κ3) is 5.09. The van der Waals surface area contributed by atoms with Crippen LogP contribution in [-0.4, -0.2) is 45.5 Å². The van der Waals surface area contributed by atoms with Gasteiger partial charge in [0.15, 0.2) is 0 Å². The van der Waals surface area contributed by atoms with E-state index in [1.54, 1.807) is 23.2 Å². The van der Waals surface area contributed by atoms with E-state index in [0.717, 1.165) is 49.8 Å². The Kier molecular flexibility index (Phi) is 7.02. The molecule has 32 heavy (non-hydrogen) atoms. The number of hydrogen-bond donors (Lipinski definition) is 1. The van der Waals surface area contributed by atoms with Crippen molar-refractivity contribution in [3.63, 3.8) is 0 Å². The first-order valence-electron chi connectivity index (χ1n) is 11.5. The first-order chi connectivity index (χ1) is 15.5. The van der Waals surface area contributed by atoms with Crippen LogP contribution in [0.2, 0.25) is 0 Å². The van der Waals surface area contributed by atoms with Crippen molar-refractivity contribution in [2.75, 3.05) is 13.7 Å². The Morgan fingerprint density at radius 1 is 1.22 bits per heavy atom. The number of likely N-dealkylation sites (tertiary alicyclic amines) is 1. The second-order valence-corrected chi connectivity index (χ2v) is 8.80. The Labute approximate surface area is 188 Å². The monoisotopic (exact) mass is 437 g/mol.